The van der Waals surface area contributed by atoms with Gasteiger partial charge in [0.25, 0.3) is 0 Å². The first kappa shape index (κ1) is 26.7. The summed E-state index contributed by atoms with van der Waals surface area (Å²) in [6, 6.07) is 19.9. The lowest BCUT2D eigenvalue weighted by Crippen LogP contribution is -2.29. The second kappa shape index (κ2) is 12.6. The van der Waals surface area contributed by atoms with Crippen molar-refractivity contribution in [1.82, 2.24) is 0 Å². The van der Waals surface area contributed by atoms with Crippen LogP contribution in [0.3, 0.4) is 0 Å². The van der Waals surface area contributed by atoms with Crippen LogP contribution in [0.15, 0.2) is 72.8 Å². The van der Waals surface area contributed by atoms with Gasteiger partial charge in [0, 0.05) is 17.4 Å². The van der Waals surface area contributed by atoms with Gasteiger partial charge in [-0.15, -0.1) is 0 Å². The van der Waals surface area contributed by atoms with Gasteiger partial charge in [-0.05, 0) is 60.2 Å². The molecule has 5 heteroatoms. The molecule has 0 aliphatic rings. The Morgan fingerprint density at radius 1 is 0.818 bits per heavy atom. The Labute approximate surface area is 202 Å². The van der Waals surface area contributed by atoms with E-state index >= 15 is 0 Å². The molecule has 2 N–H and O–H groups in total. The summed E-state index contributed by atoms with van der Waals surface area (Å²) in [7, 11) is 0. The van der Waals surface area contributed by atoms with Crippen LogP contribution < -0.4 is 0 Å². The van der Waals surface area contributed by atoms with Gasteiger partial charge in [0.05, 0.1) is 0 Å². The molecule has 2 unspecified atom stereocenters. The van der Waals surface area contributed by atoms with E-state index < -0.39 is 17.4 Å². The minimum atomic E-state index is -0.949. The maximum Gasteiger partial charge on any atom is 0.331 e. The number of aliphatic carboxylic acids is 2. The maximum absolute atomic E-state index is 11.7. The molecular weight excluding hydrogens is 432 g/mol. The molecule has 0 heterocycles. The predicted molar refractivity (Wildman–Crippen MR) is 137 cm³/mol. The van der Waals surface area contributed by atoms with E-state index in [1.54, 1.807) is 0 Å². The number of hydrogen-bond acceptors (Lipinski definition) is 3. The SMILES string of the molecule is C=C(C(=O)O)C(C)(CCCSCCCC(C)(CCC(=O)O)c1ccccc1)c1ccccc1. The highest BCUT2D eigenvalue weighted by Crippen LogP contribution is 2.37. The molecule has 0 aromatic heterocycles. The fourth-order valence-corrected chi connectivity index (χ4v) is 5.24. The first-order valence-electron chi connectivity index (χ1n) is 11.5. The third-order valence-electron chi connectivity index (χ3n) is 6.68. The zero-order valence-corrected chi connectivity index (χ0v) is 20.6. The van der Waals surface area contributed by atoms with Gasteiger partial charge in [0.1, 0.15) is 0 Å². The standard InChI is InChI=1S/C28H36O4S/c1-22(26(31)32)28(3,24-14-8-5-9-15-24)18-11-21-33-20-10-17-27(2,19-16-25(29)30)23-12-6-4-7-13-23/h4-9,12-15H,1,10-11,16-21H2,2-3H3,(H,29,30)(H,31,32). The summed E-state index contributed by atoms with van der Waals surface area (Å²) >= 11 is 1.88. The van der Waals surface area contributed by atoms with Crippen molar-refractivity contribution in [3.8, 4) is 0 Å². The van der Waals surface area contributed by atoms with E-state index in [9.17, 15) is 14.7 Å². The van der Waals surface area contributed by atoms with Crippen LogP contribution >= 0.6 is 11.8 Å². The number of thioether (sulfide) groups is 1. The maximum atomic E-state index is 11.7. The summed E-state index contributed by atoms with van der Waals surface area (Å²) in [5, 5.41) is 18.7. The number of carboxylic acid groups (broad SMARTS) is 2. The van der Waals surface area contributed by atoms with Gasteiger partial charge in [0.2, 0.25) is 0 Å². The molecule has 0 aliphatic carbocycles. The Bertz CT molecular complexity index is 912. The molecule has 2 aromatic carbocycles. The highest BCUT2D eigenvalue weighted by molar-refractivity contribution is 7.99. The van der Waals surface area contributed by atoms with E-state index in [0.717, 1.165) is 42.8 Å². The van der Waals surface area contributed by atoms with E-state index in [0.29, 0.717) is 6.42 Å². The number of hydrogen-bond donors (Lipinski definition) is 2. The van der Waals surface area contributed by atoms with Gasteiger partial charge in [-0.25, -0.2) is 4.79 Å². The molecule has 0 saturated heterocycles. The lowest BCUT2D eigenvalue weighted by molar-refractivity contribution is -0.137. The molecule has 0 amide bonds. The van der Waals surface area contributed by atoms with Crippen LogP contribution in [-0.2, 0) is 20.4 Å². The second-order valence-electron chi connectivity index (χ2n) is 9.12. The van der Waals surface area contributed by atoms with Crippen molar-refractivity contribution in [2.75, 3.05) is 11.5 Å². The summed E-state index contributed by atoms with van der Waals surface area (Å²) in [6.45, 7) is 8.00. The van der Waals surface area contributed by atoms with Crippen molar-refractivity contribution in [3.05, 3.63) is 83.9 Å². The third-order valence-corrected chi connectivity index (χ3v) is 7.83. The summed E-state index contributed by atoms with van der Waals surface area (Å²) in [5.41, 5.74) is 1.68. The van der Waals surface area contributed by atoms with Crippen LogP contribution in [-0.4, -0.2) is 33.7 Å². The summed E-state index contributed by atoms with van der Waals surface area (Å²) < 4.78 is 0. The van der Waals surface area contributed by atoms with Crippen LogP contribution in [0.2, 0.25) is 0 Å². The van der Waals surface area contributed by atoms with Crippen LogP contribution in [0, 0.1) is 0 Å². The lowest BCUT2D eigenvalue weighted by Gasteiger charge is -2.31. The molecule has 4 nitrogen and oxygen atoms in total. The normalized spacial score (nSPS) is 14.7. The Kier molecular flexibility index (Phi) is 10.2. The number of rotatable bonds is 15. The van der Waals surface area contributed by atoms with Gasteiger partial charge < -0.3 is 10.2 Å². The van der Waals surface area contributed by atoms with E-state index in [1.807, 2.05) is 67.2 Å². The molecule has 0 bridgehead atoms. The summed E-state index contributed by atoms with van der Waals surface area (Å²) in [5.74, 6) is 0.246. The second-order valence-corrected chi connectivity index (χ2v) is 10.3. The van der Waals surface area contributed by atoms with Crippen molar-refractivity contribution in [2.24, 2.45) is 0 Å². The van der Waals surface area contributed by atoms with Crippen molar-refractivity contribution in [3.63, 3.8) is 0 Å². The third kappa shape index (κ3) is 7.78. The zero-order chi connectivity index (χ0) is 24.3. The van der Waals surface area contributed by atoms with Crippen LogP contribution in [0.1, 0.15) is 63.5 Å². The molecule has 178 valence electrons. The molecule has 2 aromatic rings. The van der Waals surface area contributed by atoms with Gasteiger partial charge in [-0.2, -0.15) is 11.8 Å². The van der Waals surface area contributed by atoms with E-state index in [1.165, 1.54) is 5.56 Å². The quantitative estimate of drug-likeness (QED) is 0.225. The van der Waals surface area contributed by atoms with Gasteiger partial charge in [0.15, 0.2) is 0 Å². The molecule has 0 spiro atoms. The average Bonchev–Trinajstić information content (AvgIpc) is 2.82. The van der Waals surface area contributed by atoms with Crippen molar-refractivity contribution < 1.29 is 19.8 Å². The molecule has 0 aliphatic heterocycles. The predicted octanol–water partition coefficient (Wildman–Crippen LogP) is 6.70. The Morgan fingerprint density at radius 3 is 1.85 bits per heavy atom. The largest absolute Gasteiger partial charge is 0.481 e. The molecular formula is C28H36O4S. The van der Waals surface area contributed by atoms with Crippen molar-refractivity contribution >= 4 is 23.7 Å². The molecule has 0 fully saturated rings. The first-order valence-corrected chi connectivity index (χ1v) is 12.7. The van der Waals surface area contributed by atoms with Gasteiger partial charge >= 0.3 is 11.9 Å². The van der Waals surface area contributed by atoms with Crippen molar-refractivity contribution in [2.45, 2.75) is 63.2 Å². The number of carboxylic acids is 2. The van der Waals surface area contributed by atoms with Crippen LogP contribution in [0.5, 0.6) is 0 Å². The number of benzene rings is 2. The molecule has 0 radical (unpaired) electrons. The highest BCUT2D eigenvalue weighted by atomic mass is 32.2. The smallest absolute Gasteiger partial charge is 0.331 e. The molecule has 33 heavy (non-hydrogen) atoms. The van der Waals surface area contributed by atoms with Gasteiger partial charge in [-0.3, -0.25) is 4.79 Å². The Morgan fingerprint density at radius 2 is 1.33 bits per heavy atom. The first-order chi connectivity index (χ1) is 15.7. The van der Waals surface area contributed by atoms with Gasteiger partial charge in [-0.1, -0.05) is 81.1 Å². The minimum absolute atomic E-state index is 0.147. The monoisotopic (exact) mass is 468 g/mol. The van der Waals surface area contributed by atoms with Crippen molar-refractivity contribution in [1.29, 1.82) is 0 Å². The topological polar surface area (TPSA) is 74.6 Å². The fourth-order valence-electron chi connectivity index (χ4n) is 4.34. The van der Waals surface area contributed by atoms with E-state index in [2.05, 4.69) is 25.6 Å². The summed E-state index contributed by atoms with van der Waals surface area (Å²) in [6.07, 6.45) is 4.38. The Hall–Kier alpha value is -2.53. The Balaban J connectivity index is 1.86. The average molecular weight is 469 g/mol. The molecule has 0 saturated carbocycles. The zero-order valence-electron chi connectivity index (χ0n) is 19.8. The van der Waals surface area contributed by atoms with E-state index in [-0.39, 0.29) is 17.4 Å². The minimum Gasteiger partial charge on any atom is -0.481 e. The van der Waals surface area contributed by atoms with E-state index in [4.69, 9.17) is 5.11 Å². The fraction of sp³-hybridized carbons (Fsp3) is 0.429. The van der Waals surface area contributed by atoms with Crippen LogP contribution in [0.25, 0.3) is 0 Å². The molecule has 2 rings (SSSR count). The molecule has 2 atom stereocenters. The lowest BCUT2D eigenvalue weighted by atomic mass is 9.73. The van der Waals surface area contributed by atoms with Crippen LogP contribution in [0.4, 0.5) is 0 Å². The summed E-state index contributed by atoms with van der Waals surface area (Å²) in [4.78, 5) is 22.8. The highest BCUT2D eigenvalue weighted by Gasteiger charge is 2.33. The number of carbonyl (C=O) groups is 2.